The Labute approximate surface area is 313 Å². The number of benzene rings is 1. The first-order valence-corrected chi connectivity index (χ1v) is 18.1. The molecule has 5 atom stereocenters. The minimum atomic E-state index is -1.12. The smallest absolute Gasteiger partial charge is 0.410 e. The van der Waals surface area contributed by atoms with Crippen LogP contribution in [0.3, 0.4) is 0 Å². The summed E-state index contributed by atoms with van der Waals surface area (Å²) in [4.78, 5) is 98.2. The molecule has 5 N–H and O–H groups in total. The average molecular weight is 748 g/mol. The Morgan fingerprint density at radius 1 is 0.778 bits per heavy atom. The van der Waals surface area contributed by atoms with Crippen LogP contribution >= 0.6 is 0 Å². The van der Waals surface area contributed by atoms with Gasteiger partial charge in [0.05, 0.1) is 19.8 Å². The molecule has 3 aromatic rings. The molecule has 1 aromatic carbocycles. The van der Waals surface area contributed by atoms with Crippen LogP contribution in [0, 0.1) is 0 Å². The number of aromatic nitrogens is 4. The van der Waals surface area contributed by atoms with Crippen molar-refractivity contribution < 1.29 is 38.2 Å². The van der Waals surface area contributed by atoms with Crippen LogP contribution in [-0.4, -0.2) is 121 Å². The molecule has 0 unspecified atom stereocenters. The summed E-state index contributed by atoms with van der Waals surface area (Å²) in [7, 11) is 1.22. The monoisotopic (exact) mass is 747 g/mol. The van der Waals surface area contributed by atoms with E-state index in [-0.39, 0.29) is 25.8 Å². The fourth-order valence-electron chi connectivity index (χ4n) is 6.72. The molecule has 4 heterocycles. The number of carbonyl (C=O) groups is 6. The number of hydrogen-bond donors (Lipinski definition) is 5. The summed E-state index contributed by atoms with van der Waals surface area (Å²) in [5.41, 5.74) is 1.18. The lowest BCUT2D eigenvalue weighted by molar-refractivity contribution is -0.145. The van der Waals surface area contributed by atoms with Gasteiger partial charge in [0, 0.05) is 56.1 Å². The topological polar surface area (TPSA) is 221 Å². The maximum atomic E-state index is 14.3. The first-order valence-electron chi connectivity index (χ1n) is 18.1. The number of nitrogens with zero attached hydrogens (tertiary/aromatic N) is 4. The molecule has 2 aliphatic rings. The zero-order chi connectivity index (χ0) is 38.8. The highest BCUT2D eigenvalue weighted by Gasteiger charge is 2.42. The number of ether oxygens (including phenoxy) is 2. The molecule has 0 spiro atoms. The first kappa shape index (κ1) is 39.5. The van der Waals surface area contributed by atoms with E-state index in [1.165, 1.54) is 35.8 Å². The SMILES string of the molecule is COC(=O)[C@H](Cc1cnc[nH]1)NC(=O)[C@H](Cc1ccccc1)NC(=O)[C@@H]1CCCN1C(=O)[C@H](Cc1cnc[nH]1)NC(=O)[C@@H]1CCCN1C(=O)OC(C)(C)C. The Hall–Kier alpha value is -5.74. The van der Waals surface area contributed by atoms with E-state index in [1.807, 2.05) is 30.3 Å². The van der Waals surface area contributed by atoms with Crippen molar-refractivity contribution in [3.8, 4) is 0 Å². The summed E-state index contributed by atoms with van der Waals surface area (Å²) in [6, 6.07) is 4.01. The molecular formula is C37H49N9O8. The lowest BCUT2D eigenvalue weighted by Gasteiger charge is -2.32. The van der Waals surface area contributed by atoms with Crippen molar-refractivity contribution in [2.75, 3.05) is 20.2 Å². The van der Waals surface area contributed by atoms with Crippen molar-refractivity contribution in [3.63, 3.8) is 0 Å². The Morgan fingerprint density at radius 2 is 1.33 bits per heavy atom. The van der Waals surface area contributed by atoms with Crippen molar-refractivity contribution in [2.45, 2.75) is 102 Å². The number of amides is 5. The summed E-state index contributed by atoms with van der Waals surface area (Å²) in [5, 5.41) is 8.42. The Balaban J connectivity index is 1.32. The summed E-state index contributed by atoms with van der Waals surface area (Å²) < 4.78 is 10.5. The number of hydrogen-bond acceptors (Lipinski definition) is 10. The molecule has 0 radical (unpaired) electrons. The number of nitrogens with one attached hydrogen (secondary N) is 5. The minimum absolute atomic E-state index is 0.0544. The van der Waals surface area contributed by atoms with Gasteiger partial charge >= 0.3 is 12.1 Å². The van der Waals surface area contributed by atoms with Crippen LogP contribution in [0.4, 0.5) is 4.79 Å². The standard InChI is InChI=1S/C37H49N9O8/c1-37(2,3)54-36(52)46-15-9-13-30(46)33(49)43-27(17-24-19-38-21-40-24)34(50)45-14-8-12-29(45)32(48)42-26(16-23-10-6-5-7-11-23)31(47)44-28(35(51)53-4)18-25-20-39-22-41-25/h5-7,10-11,19-22,26-30H,8-9,12-18H2,1-4H3,(H,38,40)(H,39,41)(H,42,48)(H,43,49)(H,44,47)/t26-,27-,28-,29-,30-/m0/s1. The second-order valence-corrected chi connectivity index (χ2v) is 14.5. The van der Waals surface area contributed by atoms with Crippen LogP contribution in [0.1, 0.15) is 63.4 Å². The van der Waals surface area contributed by atoms with E-state index in [2.05, 4.69) is 35.9 Å². The van der Waals surface area contributed by atoms with Crippen LogP contribution in [0.5, 0.6) is 0 Å². The summed E-state index contributed by atoms with van der Waals surface area (Å²) in [5.74, 6) is -2.85. The number of carbonyl (C=O) groups excluding carboxylic acids is 6. The number of aromatic amines is 2. The molecule has 290 valence electrons. The third kappa shape index (κ3) is 10.4. The largest absolute Gasteiger partial charge is 0.467 e. The highest BCUT2D eigenvalue weighted by Crippen LogP contribution is 2.23. The number of methoxy groups -OCH3 is 1. The fourth-order valence-corrected chi connectivity index (χ4v) is 6.72. The fraction of sp³-hybridized carbons (Fsp3) is 0.514. The number of imidazole rings is 2. The Bertz CT molecular complexity index is 1740. The van der Waals surface area contributed by atoms with Crippen LogP contribution in [0.15, 0.2) is 55.4 Å². The Morgan fingerprint density at radius 3 is 1.89 bits per heavy atom. The van der Waals surface area contributed by atoms with Crippen molar-refractivity contribution in [1.82, 2.24) is 45.7 Å². The lowest BCUT2D eigenvalue weighted by atomic mass is 10.0. The first-order chi connectivity index (χ1) is 25.8. The van der Waals surface area contributed by atoms with Crippen molar-refractivity contribution in [3.05, 3.63) is 72.3 Å². The zero-order valence-corrected chi connectivity index (χ0v) is 31.0. The molecule has 0 aliphatic carbocycles. The maximum Gasteiger partial charge on any atom is 0.410 e. The number of esters is 1. The van der Waals surface area contributed by atoms with E-state index in [1.54, 1.807) is 27.0 Å². The highest BCUT2D eigenvalue weighted by molar-refractivity contribution is 5.96. The van der Waals surface area contributed by atoms with Gasteiger partial charge in [-0.05, 0) is 52.0 Å². The number of likely N-dealkylation sites (tertiary alicyclic amines) is 2. The van der Waals surface area contributed by atoms with Gasteiger partial charge in [0.15, 0.2) is 0 Å². The minimum Gasteiger partial charge on any atom is -0.467 e. The molecule has 2 aromatic heterocycles. The van der Waals surface area contributed by atoms with E-state index in [9.17, 15) is 28.8 Å². The van der Waals surface area contributed by atoms with Gasteiger partial charge in [0.25, 0.3) is 0 Å². The molecule has 54 heavy (non-hydrogen) atoms. The average Bonchev–Trinajstić information content (AvgIpc) is 3.98. The van der Waals surface area contributed by atoms with Gasteiger partial charge in [-0.1, -0.05) is 30.3 Å². The van der Waals surface area contributed by atoms with Gasteiger partial charge in [0.1, 0.15) is 35.8 Å². The normalized spacial score (nSPS) is 18.7. The van der Waals surface area contributed by atoms with E-state index in [4.69, 9.17) is 9.47 Å². The molecule has 0 bridgehead atoms. The van der Waals surface area contributed by atoms with Gasteiger partial charge in [-0.2, -0.15) is 0 Å². The van der Waals surface area contributed by atoms with Crippen LogP contribution in [0.2, 0.25) is 0 Å². The summed E-state index contributed by atoms with van der Waals surface area (Å²) in [6.07, 6.45) is 7.44. The molecule has 2 fully saturated rings. The predicted octanol–water partition coefficient (Wildman–Crippen LogP) is 1.18. The van der Waals surface area contributed by atoms with Gasteiger partial charge < -0.3 is 40.3 Å². The molecule has 2 saturated heterocycles. The number of rotatable bonds is 14. The lowest BCUT2D eigenvalue weighted by Crippen LogP contribution is -2.59. The van der Waals surface area contributed by atoms with Crippen molar-refractivity contribution in [2.24, 2.45) is 0 Å². The molecule has 5 amide bonds. The Kier molecular flexibility index (Phi) is 13.1. The summed E-state index contributed by atoms with van der Waals surface area (Å²) >= 11 is 0. The quantitative estimate of drug-likeness (QED) is 0.148. The molecule has 0 saturated carbocycles. The van der Waals surface area contributed by atoms with Crippen LogP contribution in [0.25, 0.3) is 0 Å². The molecule has 2 aliphatic heterocycles. The van der Waals surface area contributed by atoms with E-state index < -0.39 is 71.5 Å². The molecule has 5 rings (SSSR count). The van der Waals surface area contributed by atoms with Gasteiger partial charge in [-0.3, -0.25) is 24.1 Å². The molecule has 17 nitrogen and oxygen atoms in total. The van der Waals surface area contributed by atoms with Gasteiger partial charge in [0.2, 0.25) is 23.6 Å². The van der Waals surface area contributed by atoms with Gasteiger partial charge in [-0.15, -0.1) is 0 Å². The van der Waals surface area contributed by atoms with Crippen molar-refractivity contribution >= 4 is 35.7 Å². The van der Waals surface area contributed by atoms with E-state index in [0.717, 1.165) is 5.56 Å². The maximum absolute atomic E-state index is 14.3. The van der Waals surface area contributed by atoms with Gasteiger partial charge in [-0.25, -0.2) is 19.6 Å². The second-order valence-electron chi connectivity index (χ2n) is 14.5. The van der Waals surface area contributed by atoms with E-state index in [0.29, 0.717) is 43.6 Å². The highest BCUT2D eigenvalue weighted by atomic mass is 16.6. The number of H-pyrrole nitrogens is 2. The summed E-state index contributed by atoms with van der Waals surface area (Å²) in [6.45, 7) is 5.81. The van der Waals surface area contributed by atoms with Crippen LogP contribution < -0.4 is 16.0 Å². The zero-order valence-electron chi connectivity index (χ0n) is 31.0. The molecule has 17 heteroatoms. The third-order valence-corrected chi connectivity index (χ3v) is 9.31. The van der Waals surface area contributed by atoms with Crippen LogP contribution in [-0.2, 0) is 52.7 Å². The molecular weight excluding hydrogens is 698 g/mol. The van der Waals surface area contributed by atoms with E-state index >= 15 is 0 Å². The van der Waals surface area contributed by atoms with Crippen molar-refractivity contribution in [1.29, 1.82) is 0 Å². The predicted molar refractivity (Wildman–Crippen MR) is 193 cm³/mol. The second kappa shape index (κ2) is 17.9. The third-order valence-electron chi connectivity index (χ3n) is 9.31.